The molecule has 0 bridgehead atoms. The number of piperazine rings is 1. The van der Waals surface area contributed by atoms with E-state index in [9.17, 15) is 18.0 Å². The first-order chi connectivity index (χ1) is 11.7. The number of nitrogens with one attached hydrogen (secondary N) is 1. The SMILES string of the molecule is CC(C)CN1CCN(S(=O)(=O)c2ccc3[nH]c(=O)sc3c2)C(C)C1=O. The minimum atomic E-state index is -3.80. The Hall–Kier alpha value is -1.71. The fourth-order valence-electron chi connectivity index (χ4n) is 3.08. The molecule has 7 nitrogen and oxygen atoms in total. The molecule has 1 unspecified atom stereocenters. The van der Waals surface area contributed by atoms with Crippen LogP contribution in [0.2, 0.25) is 0 Å². The molecule has 25 heavy (non-hydrogen) atoms. The minimum Gasteiger partial charge on any atom is -0.340 e. The number of sulfonamides is 1. The van der Waals surface area contributed by atoms with Crippen LogP contribution in [0.25, 0.3) is 10.2 Å². The van der Waals surface area contributed by atoms with Gasteiger partial charge in [0.2, 0.25) is 15.9 Å². The molecule has 0 aliphatic carbocycles. The van der Waals surface area contributed by atoms with Crippen molar-refractivity contribution in [2.75, 3.05) is 19.6 Å². The summed E-state index contributed by atoms with van der Waals surface area (Å²) in [6.45, 7) is 6.96. The topological polar surface area (TPSA) is 90.6 Å². The van der Waals surface area contributed by atoms with Gasteiger partial charge in [0.05, 0.1) is 15.1 Å². The molecule has 1 aromatic heterocycles. The normalized spacial score (nSPS) is 19.9. The zero-order valence-electron chi connectivity index (χ0n) is 14.4. The minimum absolute atomic E-state index is 0.104. The Kier molecular flexibility index (Phi) is 4.74. The van der Waals surface area contributed by atoms with Crippen LogP contribution in [0.1, 0.15) is 20.8 Å². The summed E-state index contributed by atoms with van der Waals surface area (Å²) in [6, 6.07) is 3.81. The molecular formula is C16H21N3O4S2. The van der Waals surface area contributed by atoms with Crippen LogP contribution < -0.4 is 4.87 Å². The van der Waals surface area contributed by atoms with Crippen molar-refractivity contribution in [1.29, 1.82) is 0 Å². The average Bonchev–Trinajstić information content (AvgIpc) is 2.90. The fraction of sp³-hybridized carbons (Fsp3) is 0.500. The van der Waals surface area contributed by atoms with Gasteiger partial charge in [-0.05, 0) is 31.0 Å². The summed E-state index contributed by atoms with van der Waals surface area (Å²) in [5, 5.41) is 0. The van der Waals surface area contributed by atoms with E-state index >= 15 is 0 Å². The highest BCUT2D eigenvalue weighted by Crippen LogP contribution is 2.26. The molecule has 1 saturated heterocycles. The van der Waals surface area contributed by atoms with Crippen LogP contribution in [-0.2, 0) is 14.8 Å². The summed E-state index contributed by atoms with van der Waals surface area (Å²) >= 11 is 0.968. The van der Waals surface area contributed by atoms with Crippen molar-refractivity contribution in [2.24, 2.45) is 5.92 Å². The summed E-state index contributed by atoms with van der Waals surface area (Å²) < 4.78 is 27.8. The van der Waals surface area contributed by atoms with E-state index in [0.29, 0.717) is 29.2 Å². The Bertz CT molecular complexity index is 961. The van der Waals surface area contributed by atoms with Gasteiger partial charge < -0.3 is 9.88 Å². The van der Waals surface area contributed by atoms with Gasteiger partial charge in [0.1, 0.15) is 6.04 Å². The number of carbonyl (C=O) groups is 1. The third kappa shape index (κ3) is 3.36. The lowest BCUT2D eigenvalue weighted by Gasteiger charge is -2.38. The predicted molar refractivity (Wildman–Crippen MR) is 97.2 cm³/mol. The van der Waals surface area contributed by atoms with Crippen molar-refractivity contribution in [1.82, 2.24) is 14.2 Å². The maximum atomic E-state index is 13.0. The largest absolute Gasteiger partial charge is 0.340 e. The van der Waals surface area contributed by atoms with Crippen molar-refractivity contribution in [3.05, 3.63) is 27.9 Å². The Morgan fingerprint density at radius 1 is 1.28 bits per heavy atom. The molecule has 2 heterocycles. The second-order valence-electron chi connectivity index (χ2n) is 6.64. The highest BCUT2D eigenvalue weighted by molar-refractivity contribution is 7.89. The number of aromatic nitrogens is 1. The van der Waals surface area contributed by atoms with Crippen LogP contribution in [-0.4, -0.2) is 54.2 Å². The molecule has 1 aliphatic rings. The maximum Gasteiger partial charge on any atom is 0.305 e. The smallest absolute Gasteiger partial charge is 0.305 e. The van der Waals surface area contributed by atoms with E-state index in [4.69, 9.17) is 0 Å². The Morgan fingerprint density at radius 3 is 2.68 bits per heavy atom. The van der Waals surface area contributed by atoms with Gasteiger partial charge in [-0.15, -0.1) is 0 Å². The molecule has 1 aliphatic heterocycles. The van der Waals surface area contributed by atoms with E-state index in [1.54, 1.807) is 17.9 Å². The molecule has 0 saturated carbocycles. The summed E-state index contributed by atoms with van der Waals surface area (Å²) in [5.41, 5.74) is 0.611. The first-order valence-electron chi connectivity index (χ1n) is 8.13. The number of aromatic amines is 1. The zero-order chi connectivity index (χ0) is 18.4. The van der Waals surface area contributed by atoms with Crippen molar-refractivity contribution in [3.8, 4) is 0 Å². The van der Waals surface area contributed by atoms with Crippen LogP contribution in [0.5, 0.6) is 0 Å². The summed E-state index contributed by atoms with van der Waals surface area (Å²) in [4.78, 5) is 28.2. The molecular weight excluding hydrogens is 362 g/mol. The van der Waals surface area contributed by atoms with Gasteiger partial charge in [-0.1, -0.05) is 25.2 Å². The molecule has 3 rings (SSSR count). The van der Waals surface area contributed by atoms with E-state index in [1.165, 1.54) is 16.4 Å². The first kappa shape index (κ1) is 18.1. The van der Waals surface area contributed by atoms with E-state index in [-0.39, 0.29) is 22.2 Å². The number of hydrogen-bond donors (Lipinski definition) is 1. The van der Waals surface area contributed by atoms with Gasteiger partial charge in [-0.2, -0.15) is 4.31 Å². The molecule has 9 heteroatoms. The van der Waals surface area contributed by atoms with Crippen LogP contribution >= 0.6 is 11.3 Å². The maximum absolute atomic E-state index is 13.0. The molecule has 0 spiro atoms. The Morgan fingerprint density at radius 2 is 2.00 bits per heavy atom. The molecule has 1 N–H and O–H groups in total. The van der Waals surface area contributed by atoms with Crippen LogP contribution in [0.15, 0.2) is 27.9 Å². The van der Waals surface area contributed by atoms with E-state index < -0.39 is 16.1 Å². The van der Waals surface area contributed by atoms with Gasteiger partial charge in [0.15, 0.2) is 0 Å². The van der Waals surface area contributed by atoms with Crippen molar-refractivity contribution >= 4 is 37.5 Å². The molecule has 0 radical (unpaired) electrons. The van der Waals surface area contributed by atoms with Crippen molar-refractivity contribution in [3.63, 3.8) is 0 Å². The van der Waals surface area contributed by atoms with Gasteiger partial charge >= 0.3 is 4.87 Å². The van der Waals surface area contributed by atoms with Gasteiger partial charge in [-0.3, -0.25) is 9.59 Å². The predicted octanol–water partition coefficient (Wildman–Crippen LogP) is 1.47. The zero-order valence-corrected chi connectivity index (χ0v) is 16.0. The first-order valence-corrected chi connectivity index (χ1v) is 10.4. The number of rotatable bonds is 4. The van der Waals surface area contributed by atoms with Crippen LogP contribution in [0.3, 0.4) is 0 Å². The number of thiazole rings is 1. The van der Waals surface area contributed by atoms with E-state index in [2.05, 4.69) is 4.98 Å². The number of amides is 1. The fourth-order valence-corrected chi connectivity index (χ4v) is 5.54. The molecule has 1 amide bonds. The lowest BCUT2D eigenvalue weighted by molar-refractivity contribution is -0.138. The quantitative estimate of drug-likeness (QED) is 0.866. The van der Waals surface area contributed by atoms with Crippen molar-refractivity contribution in [2.45, 2.75) is 31.7 Å². The van der Waals surface area contributed by atoms with Gasteiger partial charge in [0.25, 0.3) is 0 Å². The highest BCUT2D eigenvalue weighted by Gasteiger charge is 2.39. The summed E-state index contributed by atoms with van der Waals surface area (Å²) in [7, 11) is -3.80. The van der Waals surface area contributed by atoms with Gasteiger partial charge in [-0.25, -0.2) is 8.42 Å². The molecule has 136 valence electrons. The number of carbonyl (C=O) groups excluding carboxylic acids is 1. The average molecular weight is 383 g/mol. The van der Waals surface area contributed by atoms with Crippen LogP contribution in [0.4, 0.5) is 0 Å². The summed E-state index contributed by atoms with van der Waals surface area (Å²) in [6.07, 6.45) is 0. The number of hydrogen-bond acceptors (Lipinski definition) is 5. The molecule has 1 aromatic carbocycles. The number of benzene rings is 1. The third-order valence-corrected chi connectivity index (χ3v) is 7.09. The standard InChI is InChI=1S/C16H21N3O4S2/c1-10(2)9-18-6-7-19(11(3)15(18)20)25(22,23)12-4-5-13-14(8-12)24-16(21)17-13/h4-5,8,10-11H,6-7,9H2,1-3H3,(H,17,21). The highest BCUT2D eigenvalue weighted by atomic mass is 32.2. The van der Waals surface area contributed by atoms with Crippen molar-refractivity contribution < 1.29 is 13.2 Å². The number of H-pyrrole nitrogens is 1. The monoisotopic (exact) mass is 383 g/mol. The number of nitrogens with zero attached hydrogens (tertiary/aromatic N) is 2. The van der Waals surface area contributed by atoms with Gasteiger partial charge in [0, 0.05) is 19.6 Å². The van der Waals surface area contributed by atoms with Crippen LogP contribution in [0, 0.1) is 5.92 Å². The lowest BCUT2D eigenvalue weighted by atomic mass is 10.1. The van der Waals surface area contributed by atoms with E-state index in [0.717, 1.165) is 11.3 Å². The Balaban J connectivity index is 1.91. The molecule has 1 fully saturated rings. The third-order valence-electron chi connectivity index (χ3n) is 4.28. The number of fused-ring (bicyclic) bond motifs is 1. The second kappa shape index (κ2) is 6.54. The van der Waals surface area contributed by atoms with E-state index in [1.807, 2.05) is 13.8 Å². The Labute approximate surface area is 150 Å². The second-order valence-corrected chi connectivity index (χ2v) is 9.55. The molecule has 2 aromatic rings. The molecule has 1 atom stereocenters. The lowest BCUT2D eigenvalue weighted by Crippen LogP contribution is -2.57. The summed E-state index contributed by atoms with van der Waals surface area (Å²) in [5.74, 6) is 0.161.